The molecule has 1 saturated heterocycles. The molecule has 3 N–H and O–H groups in total. The summed E-state index contributed by atoms with van der Waals surface area (Å²) in [6.07, 6.45) is 2.32. The lowest BCUT2D eigenvalue weighted by atomic mass is 10.1. The van der Waals surface area contributed by atoms with E-state index in [1.54, 1.807) is 6.92 Å². The van der Waals surface area contributed by atoms with Crippen LogP contribution in [0.1, 0.15) is 25.1 Å². The van der Waals surface area contributed by atoms with Crippen LogP contribution in [0, 0.1) is 12.7 Å². The molecule has 0 saturated carbocycles. The summed E-state index contributed by atoms with van der Waals surface area (Å²) < 4.78 is 15.3. The van der Waals surface area contributed by atoms with Crippen molar-refractivity contribution in [2.24, 2.45) is 0 Å². The second-order valence-corrected chi connectivity index (χ2v) is 5.74. The third-order valence-electron chi connectivity index (χ3n) is 3.90. The number of rotatable bonds is 3. The number of aryl methyl sites for hydroxylation is 1. The SMILES string of the molecule is Cc1nnnn1-c1cc(NC(=O)NC2CCCCNC2=O)ccc1F. The van der Waals surface area contributed by atoms with Gasteiger partial charge in [-0.2, -0.15) is 4.68 Å². The van der Waals surface area contributed by atoms with E-state index in [2.05, 4.69) is 31.5 Å². The van der Waals surface area contributed by atoms with Crippen LogP contribution >= 0.6 is 0 Å². The van der Waals surface area contributed by atoms with Gasteiger partial charge in [-0.05, 0) is 54.8 Å². The first-order valence-corrected chi connectivity index (χ1v) is 7.95. The number of amides is 3. The Balaban J connectivity index is 1.71. The Morgan fingerprint density at radius 1 is 1.40 bits per heavy atom. The van der Waals surface area contributed by atoms with Crippen molar-refractivity contribution in [3.05, 3.63) is 29.8 Å². The van der Waals surface area contributed by atoms with Crippen LogP contribution < -0.4 is 16.0 Å². The first-order valence-electron chi connectivity index (χ1n) is 7.95. The number of hydrogen-bond acceptors (Lipinski definition) is 5. The lowest BCUT2D eigenvalue weighted by Gasteiger charge is -2.16. The maximum atomic E-state index is 14.0. The van der Waals surface area contributed by atoms with Gasteiger partial charge >= 0.3 is 6.03 Å². The van der Waals surface area contributed by atoms with Gasteiger partial charge in [-0.25, -0.2) is 9.18 Å². The fourth-order valence-electron chi connectivity index (χ4n) is 2.61. The zero-order valence-electron chi connectivity index (χ0n) is 13.6. The van der Waals surface area contributed by atoms with Crippen LogP contribution in [0.15, 0.2) is 18.2 Å². The molecule has 3 rings (SSSR count). The molecule has 132 valence electrons. The van der Waals surface area contributed by atoms with Crippen LogP contribution in [0.5, 0.6) is 0 Å². The average molecular weight is 347 g/mol. The fraction of sp³-hybridized carbons (Fsp3) is 0.400. The topological polar surface area (TPSA) is 114 Å². The number of nitrogens with zero attached hydrogens (tertiary/aromatic N) is 4. The summed E-state index contributed by atoms with van der Waals surface area (Å²) in [5.41, 5.74) is 0.477. The minimum absolute atomic E-state index is 0.118. The van der Waals surface area contributed by atoms with Gasteiger partial charge in [0.15, 0.2) is 5.82 Å². The summed E-state index contributed by atoms with van der Waals surface area (Å²) in [7, 11) is 0. The highest BCUT2D eigenvalue weighted by atomic mass is 19.1. The van der Waals surface area contributed by atoms with E-state index >= 15 is 0 Å². The highest BCUT2D eigenvalue weighted by Gasteiger charge is 2.22. The molecule has 0 aliphatic carbocycles. The van der Waals surface area contributed by atoms with Crippen LogP contribution in [0.3, 0.4) is 0 Å². The van der Waals surface area contributed by atoms with Crippen molar-refractivity contribution in [2.75, 3.05) is 11.9 Å². The standard InChI is InChI=1S/C15H18FN7O2/c1-9-20-21-22-23(9)13-8-10(5-6-11(13)16)18-15(25)19-12-4-2-3-7-17-14(12)24/h5-6,8,12H,2-4,7H2,1H3,(H,17,24)(H2,18,19,25). The number of tetrazole rings is 1. The van der Waals surface area contributed by atoms with Gasteiger partial charge < -0.3 is 16.0 Å². The van der Waals surface area contributed by atoms with Gasteiger partial charge in [0.05, 0.1) is 0 Å². The average Bonchev–Trinajstić information content (AvgIpc) is 2.90. The first-order chi connectivity index (χ1) is 12.0. The number of halogens is 1. The predicted octanol–water partition coefficient (Wildman–Crippen LogP) is 0.900. The third-order valence-corrected chi connectivity index (χ3v) is 3.90. The Morgan fingerprint density at radius 2 is 2.24 bits per heavy atom. The quantitative estimate of drug-likeness (QED) is 0.763. The molecule has 0 spiro atoms. The van der Waals surface area contributed by atoms with E-state index in [4.69, 9.17) is 0 Å². The van der Waals surface area contributed by atoms with E-state index in [9.17, 15) is 14.0 Å². The summed E-state index contributed by atoms with van der Waals surface area (Å²) in [6.45, 7) is 2.25. The van der Waals surface area contributed by atoms with Crippen LogP contribution in [0.4, 0.5) is 14.9 Å². The smallest absolute Gasteiger partial charge is 0.319 e. The van der Waals surface area contributed by atoms with Gasteiger partial charge in [-0.15, -0.1) is 5.10 Å². The summed E-state index contributed by atoms with van der Waals surface area (Å²) in [4.78, 5) is 24.0. The molecule has 2 heterocycles. The van der Waals surface area contributed by atoms with Gasteiger partial charge in [-0.3, -0.25) is 4.79 Å². The fourth-order valence-corrected chi connectivity index (χ4v) is 2.61. The molecule has 0 bridgehead atoms. The molecule has 1 aliphatic heterocycles. The first kappa shape index (κ1) is 16.8. The lowest BCUT2D eigenvalue weighted by molar-refractivity contribution is -0.122. The van der Waals surface area contributed by atoms with Gasteiger partial charge in [-0.1, -0.05) is 0 Å². The Kier molecular flexibility index (Phi) is 4.87. The van der Waals surface area contributed by atoms with Crippen molar-refractivity contribution >= 4 is 17.6 Å². The van der Waals surface area contributed by atoms with Crippen molar-refractivity contribution in [3.8, 4) is 5.69 Å². The maximum absolute atomic E-state index is 14.0. The molecule has 3 amide bonds. The number of aromatic nitrogens is 4. The second-order valence-electron chi connectivity index (χ2n) is 5.74. The number of carbonyl (C=O) groups is 2. The normalized spacial score (nSPS) is 17.5. The molecule has 10 heteroatoms. The van der Waals surface area contributed by atoms with Gasteiger partial charge in [0, 0.05) is 12.2 Å². The van der Waals surface area contributed by atoms with Crippen LogP contribution in [0.2, 0.25) is 0 Å². The highest BCUT2D eigenvalue weighted by molar-refractivity contribution is 5.94. The van der Waals surface area contributed by atoms with Crippen LogP contribution in [-0.2, 0) is 4.79 Å². The van der Waals surface area contributed by atoms with Gasteiger partial charge in [0.1, 0.15) is 17.5 Å². The van der Waals surface area contributed by atoms with E-state index in [-0.39, 0.29) is 11.6 Å². The molecule has 25 heavy (non-hydrogen) atoms. The van der Waals surface area contributed by atoms with Crippen LogP contribution in [-0.4, -0.2) is 44.7 Å². The molecule has 1 aromatic carbocycles. The van der Waals surface area contributed by atoms with Crippen molar-refractivity contribution < 1.29 is 14.0 Å². The molecule has 1 unspecified atom stereocenters. The summed E-state index contributed by atoms with van der Waals surface area (Å²) in [6, 6.07) is 2.94. The lowest BCUT2D eigenvalue weighted by Crippen LogP contribution is -2.47. The molecule has 0 radical (unpaired) electrons. The molecular formula is C15H18FN7O2. The molecule has 1 atom stereocenters. The van der Waals surface area contributed by atoms with E-state index in [1.165, 1.54) is 22.9 Å². The minimum atomic E-state index is -0.579. The van der Waals surface area contributed by atoms with Gasteiger partial charge in [0.25, 0.3) is 0 Å². The van der Waals surface area contributed by atoms with Crippen molar-refractivity contribution in [3.63, 3.8) is 0 Å². The predicted molar refractivity (Wildman–Crippen MR) is 86.7 cm³/mol. The Morgan fingerprint density at radius 3 is 3.00 bits per heavy atom. The molecule has 2 aromatic rings. The Labute approximate surface area is 143 Å². The largest absolute Gasteiger partial charge is 0.354 e. The number of nitrogens with one attached hydrogen (secondary N) is 3. The van der Waals surface area contributed by atoms with E-state index in [0.717, 1.165) is 12.8 Å². The summed E-state index contributed by atoms with van der Waals surface area (Å²) >= 11 is 0. The number of carbonyl (C=O) groups excluding carboxylic acids is 2. The maximum Gasteiger partial charge on any atom is 0.319 e. The zero-order chi connectivity index (χ0) is 17.8. The Bertz CT molecular complexity index is 792. The molecular weight excluding hydrogens is 329 g/mol. The Hall–Kier alpha value is -3.04. The van der Waals surface area contributed by atoms with Crippen molar-refractivity contribution in [1.29, 1.82) is 0 Å². The molecule has 1 aromatic heterocycles. The number of anilines is 1. The number of urea groups is 1. The van der Waals surface area contributed by atoms with Crippen molar-refractivity contribution in [2.45, 2.75) is 32.2 Å². The highest BCUT2D eigenvalue weighted by Crippen LogP contribution is 2.19. The summed E-state index contributed by atoms with van der Waals surface area (Å²) in [5.74, 6) is -0.308. The summed E-state index contributed by atoms with van der Waals surface area (Å²) in [5, 5.41) is 18.9. The van der Waals surface area contributed by atoms with E-state index in [0.29, 0.717) is 24.5 Å². The molecule has 1 fully saturated rings. The van der Waals surface area contributed by atoms with Gasteiger partial charge in [0.2, 0.25) is 5.91 Å². The minimum Gasteiger partial charge on any atom is -0.354 e. The molecule has 1 aliphatic rings. The number of hydrogen-bond donors (Lipinski definition) is 3. The van der Waals surface area contributed by atoms with E-state index < -0.39 is 17.9 Å². The molecule has 9 nitrogen and oxygen atoms in total. The second kappa shape index (κ2) is 7.24. The number of benzene rings is 1. The van der Waals surface area contributed by atoms with Crippen molar-refractivity contribution in [1.82, 2.24) is 30.8 Å². The van der Waals surface area contributed by atoms with E-state index in [1.807, 2.05) is 0 Å². The monoisotopic (exact) mass is 347 g/mol. The zero-order valence-corrected chi connectivity index (χ0v) is 13.6. The third kappa shape index (κ3) is 3.90. The van der Waals surface area contributed by atoms with Crippen LogP contribution in [0.25, 0.3) is 5.69 Å².